The average molecular weight is 287 g/mol. The van der Waals surface area contributed by atoms with Crippen LogP contribution in [0.1, 0.15) is 24.2 Å². The molecule has 0 unspecified atom stereocenters. The first-order valence-corrected chi connectivity index (χ1v) is 7.41. The molecule has 2 heterocycles. The van der Waals surface area contributed by atoms with E-state index in [1.165, 1.54) is 0 Å². The third-order valence-corrected chi connectivity index (χ3v) is 3.85. The number of benzene rings is 1. The third-order valence-electron chi connectivity index (χ3n) is 3.85. The molecule has 6 heteroatoms. The second kappa shape index (κ2) is 6.13. The maximum absolute atomic E-state index is 11.9. The number of aromatic amines is 1. The maximum Gasteiger partial charge on any atom is 0.315 e. The monoisotopic (exact) mass is 287 g/mol. The van der Waals surface area contributed by atoms with E-state index in [2.05, 4.69) is 25.9 Å². The maximum atomic E-state index is 11.9. The highest BCUT2D eigenvalue weighted by Crippen LogP contribution is 2.15. The average Bonchev–Trinajstić information content (AvgIpc) is 2.91. The molecular formula is C15H21N5O. The number of aryl methyl sites for hydroxylation is 1. The predicted molar refractivity (Wildman–Crippen MR) is 82.1 cm³/mol. The first kappa shape index (κ1) is 13.9. The Kier molecular flexibility index (Phi) is 4.06. The Balaban J connectivity index is 1.55. The molecule has 0 radical (unpaired) electrons. The van der Waals surface area contributed by atoms with E-state index in [0.717, 1.165) is 48.4 Å². The van der Waals surface area contributed by atoms with Crippen molar-refractivity contribution in [3.05, 3.63) is 29.6 Å². The predicted octanol–water partition coefficient (Wildman–Crippen LogP) is 1.42. The molecule has 3 rings (SSSR count). The summed E-state index contributed by atoms with van der Waals surface area (Å²) in [7, 11) is 0. The molecule has 2 aromatic rings. The summed E-state index contributed by atoms with van der Waals surface area (Å²) in [5, 5.41) is 9.14. The smallest absolute Gasteiger partial charge is 0.315 e. The number of urea groups is 1. The number of imidazole rings is 1. The van der Waals surface area contributed by atoms with Gasteiger partial charge in [-0.2, -0.15) is 0 Å². The van der Waals surface area contributed by atoms with Crippen LogP contribution in [0, 0.1) is 6.92 Å². The van der Waals surface area contributed by atoms with Gasteiger partial charge in [-0.05, 0) is 44.5 Å². The van der Waals surface area contributed by atoms with Crippen LogP contribution in [0.25, 0.3) is 11.0 Å². The molecule has 1 aliphatic heterocycles. The van der Waals surface area contributed by atoms with Crippen molar-refractivity contribution >= 4 is 17.1 Å². The van der Waals surface area contributed by atoms with Gasteiger partial charge in [0.05, 0.1) is 17.6 Å². The van der Waals surface area contributed by atoms with Gasteiger partial charge in [0, 0.05) is 6.04 Å². The number of hydrogen-bond donors (Lipinski definition) is 4. The van der Waals surface area contributed by atoms with Crippen molar-refractivity contribution in [1.29, 1.82) is 0 Å². The lowest BCUT2D eigenvalue weighted by molar-refractivity contribution is 0.233. The molecule has 1 aliphatic rings. The molecule has 1 aromatic carbocycles. The third kappa shape index (κ3) is 3.33. The van der Waals surface area contributed by atoms with Gasteiger partial charge >= 0.3 is 6.03 Å². The Morgan fingerprint density at radius 1 is 1.38 bits per heavy atom. The highest BCUT2D eigenvalue weighted by atomic mass is 16.2. The summed E-state index contributed by atoms with van der Waals surface area (Å²) in [6, 6.07) is 6.16. The quantitative estimate of drug-likeness (QED) is 0.689. The molecule has 4 N–H and O–H groups in total. The largest absolute Gasteiger partial charge is 0.340 e. The lowest BCUT2D eigenvalue weighted by Crippen LogP contribution is -2.46. The normalized spacial score (nSPS) is 16.0. The van der Waals surface area contributed by atoms with E-state index in [1.54, 1.807) is 0 Å². The zero-order valence-electron chi connectivity index (χ0n) is 12.2. The number of fused-ring (bicyclic) bond motifs is 1. The summed E-state index contributed by atoms with van der Waals surface area (Å²) in [6.07, 6.45) is 1.97. The molecule has 1 aromatic heterocycles. The van der Waals surface area contributed by atoms with Gasteiger partial charge in [-0.25, -0.2) is 9.78 Å². The van der Waals surface area contributed by atoms with Gasteiger partial charge in [-0.3, -0.25) is 0 Å². The van der Waals surface area contributed by atoms with Gasteiger partial charge in [0.15, 0.2) is 0 Å². The van der Waals surface area contributed by atoms with Crippen LogP contribution < -0.4 is 16.0 Å². The molecule has 6 nitrogen and oxygen atoms in total. The van der Waals surface area contributed by atoms with E-state index in [-0.39, 0.29) is 12.1 Å². The fourth-order valence-corrected chi connectivity index (χ4v) is 2.68. The minimum atomic E-state index is -0.126. The molecule has 0 spiro atoms. The minimum absolute atomic E-state index is 0.126. The fourth-order valence-electron chi connectivity index (χ4n) is 2.68. The van der Waals surface area contributed by atoms with Crippen molar-refractivity contribution in [2.45, 2.75) is 32.4 Å². The lowest BCUT2D eigenvalue weighted by atomic mass is 10.1. The Morgan fingerprint density at radius 3 is 2.95 bits per heavy atom. The van der Waals surface area contributed by atoms with E-state index in [1.807, 2.05) is 25.1 Å². The minimum Gasteiger partial charge on any atom is -0.340 e. The Hall–Kier alpha value is -2.08. The van der Waals surface area contributed by atoms with Crippen LogP contribution in [-0.2, 0) is 6.54 Å². The van der Waals surface area contributed by atoms with E-state index in [9.17, 15) is 4.79 Å². The molecule has 112 valence electrons. The summed E-state index contributed by atoms with van der Waals surface area (Å²) >= 11 is 0. The van der Waals surface area contributed by atoms with Crippen LogP contribution in [0.5, 0.6) is 0 Å². The number of amides is 2. The molecule has 2 amide bonds. The molecule has 21 heavy (non-hydrogen) atoms. The van der Waals surface area contributed by atoms with Crippen LogP contribution in [0.15, 0.2) is 18.2 Å². The zero-order valence-corrected chi connectivity index (χ0v) is 12.2. The molecule has 0 aliphatic carbocycles. The highest BCUT2D eigenvalue weighted by Gasteiger charge is 2.15. The number of rotatable bonds is 3. The highest BCUT2D eigenvalue weighted by molar-refractivity contribution is 5.78. The Labute approximate surface area is 123 Å². The second-order valence-electron chi connectivity index (χ2n) is 5.51. The molecule has 0 saturated carbocycles. The summed E-state index contributed by atoms with van der Waals surface area (Å²) in [4.78, 5) is 19.6. The summed E-state index contributed by atoms with van der Waals surface area (Å²) < 4.78 is 0. The van der Waals surface area contributed by atoms with Gasteiger partial charge in [0.1, 0.15) is 5.82 Å². The number of hydrogen-bond acceptors (Lipinski definition) is 3. The molecule has 1 fully saturated rings. The van der Waals surface area contributed by atoms with E-state index in [0.29, 0.717) is 6.54 Å². The van der Waals surface area contributed by atoms with Crippen molar-refractivity contribution < 1.29 is 4.79 Å². The zero-order chi connectivity index (χ0) is 14.7. The summed E-state index contributed by atoms with van der Waals surface area (Å²) in [6.45, 7) is 4.37. The fraction of sp³-hybridized carbons (Fsp3) is 0.467. The van der Waals surface area contributed by atoms with Crippen LogP contribution in [0.2, 0.25) is 0 Å². The van der Waals surface area contributed by atoms with Crippen molar-refractivity contribution in [2.75, 3.05) is 13.1 Å². The van der Waals surface area contributed by atoms with Crippen LogP contribution in [0.3, 0.4) is 0 Å². The number of carbonyl (C=O) groups is 1. The number of aromatic nitrogens is 2. The summed E-state index contributed by atoms with van der Waals surface area (Å²) in [5.74, 6) is 0.778. The number of H-pyrrole nitrogens is 1. The first-order valence-electron chi connectivity index (χ1n) is 7.41. The molecule has 0 atom stereocenters. The number of nitrogens with zero attached hydrogens (tertiary/aromatic N) is 1. The van der Waals surface area contributed by atoms with Gasteiger partial charge in [0.2, 0.25) is 0 Å². The van der Waals surface area contributed by atoms with Crippen LogP contribution in [-0.4, -0.2) is 35.1 Å². The second-order valence-corrected chi connectivity index (χ2v) is 5.51. The van der Waals surface area contributed by atoms with E-state index in [4.69, 9.17) is 0 Å². The molecular weight excluding hydrogens is 266 g/mol. The molecule has 0 bridgehead atoms. The van der Waals surface area contributed by atoms with E-state index >= 15 is 0 Å². The number of piperidine rings is 1. The number of nitrogens with one attached hydrogen (secondary N) is 4. The standard InChI is InChI=1S/C15H21N5O/c1-10-3-2-4-12-14(10)20-13(19-12)9-17-15(21)18-11-5-7-16-8-6-11/h2-4,11,16H,5-9H2,1H3,(H,19,20)(H2,17,18,21). The van der Waals surface area contributed by atoms with Crippen molar-refractivity contribution in [2.24, 2.45) is 0 Å². The topological polar surface area (TPSA) is 81.8 Å². The SMILES string of the molecule is Cc1cccc2[nH]c(CNC(=O)NC3CCNCC3)nc12. The number of carbonyl (C=O) groups excluding carboxylic acids is 1. The van der Waals surface area contributed by atoms with E-state index < -0.39 is 0 Å². The lowest BCUT2D eigenvalue weighted by Gasteiger charge is -2.23. The van der Waals surface area contributed by atoms with Gasteiger partial charge in [0.25, 0.3) is 0 Å². The first-order chi connectivity index (χ1) is 10.2. The number of para-hydroxylation sites is 1. The van der Waals surface area contributed by atoms with Crippen molar-refractivity contribution in [3.63, 3.8) is 0 Å². The van der Waals surface area contributed by atoms with Crippen LogP contribution in [0.4, 0.5) is 4.79 Å². The van der Waals surface area contributed by atoms with Crippen LogP contribution >= 0.6 is 0 Å². The Bertz CT molecular complexity index is 630. The van der Waals surface area contributed by atoms with Gasteiger partial charge < -0.3 is 20.9 Å². The van der Waals surface area contributed by atoms with Gasteiger partial charge in [-0.15, -0.1) is 0 Å². The Morgan fingerprint density at radius 2 is 2.19 bits per heavy atom. The van der Waals surface area contributed by atoms with Crippen molar-refractivity contribution in [1.82, 2.24) is 25.9 Å². The summed E-state index contributed by atoms with van der Waals surface area (Å²) in [5.41, 5.74) is 3.10. The molecule has 1 saturated heterocycles. The van der Waals surface area contributed by atoms with Crippen molar-refractivity contribution in [3.8, 4) is 0 Å². The van der Waals surface area contributed by atoms with Gasteiger partial charge in [-0.1, -0.05) is 12.1 Å².